The zero-order valence-corrected chi connectivity index (χ0v) is 4.60. The van der Waals surface area contributed by atoms with E-state index in [-0.39, 0.29) is 8.46 Å². The van der Waals surface area contributed by atoms with E-state index in [9.17, 15) is 4.57 Å². The molecule has 0 unspecified atom stereocenters. The van der Waals surface area contributed by atoms with E-state index in [0.717, 1.165) is 0 Å². The average molecular weight is 131 g/mol. The lowest BCUT2D eigenvalue weighted by molar-refractivity contribution is 0.600. The van der Waals surface area contributed by atoms with Crippen LogP contribution in [0.5, 0.6) is 0 Å². The second-order valence-corrected chi connectivity index (χ2v) is 2.82. The first kappa shape index (κ1) is 5.68. The third-order valence-corrected chi connectivity index (χ3v) is 0.717. The Bertz CT molecular complexity index is 36.6. The Morgan fingerprint density at radius 3 is 1.80 bits per heavy atom. The molecule has 0 radical (unpaired) electrons. The van der Waals surface area contributed by atoms with E-state index in [0.29, 0.717) is 0 Å². The van der Waals surface area contributed by atoms with Gasteiger partial charge in [0.05, 0.1) is 0 Å². The molecule has 0 heterocycles. The lowest BCUT2D eigenvalue weighted by atomic mass is 11.9. The van der Waals surface area contributed by atoms with Gasteiger partial charge in [-0.2, -0.15) is 0 Å². The second-order valence-electron chi connectivity index (χ2n) is 0.383. The lowest BCUT2D eigenvalue weighted by Gasteiger charge is -1.70. The molecule has 0 aromatic carbocycles. The predicted molar refractivity (Wildman–Crippen MR) is 23.1 cm³/mol. The van der Waals surface area contributed by atoms with E-state index in [1.807, 2.05) is 0 Å². The summed E-state index contributed by atoms with van der Waals surface area (Å²) >= 11 is 9.81. The van der Waals surface area contributed by atoms with Gasteiger partial charge in [-0.3, -0.25) is 4.57 Å². The van der Waals surface area contributed by atoms with Crippen LogP contribution in [-0.2, 0) is 4.57 Å². The summed E-state index contributed by atoms with van der Waals surface area (Å²) in [5.74, 6) is 0. The Morgan fingerprint density at radius 2 is 1.80 bits per heavy atom. The summed E-state index contributed by atoms with van der Waals surface area (Å²) in [4.78, 5) is 0. The number of hydrogen-bond acceptors (Lipinski definition) is 1. The van der Waals surface area contributed by atoms with Crippen molar-refractivity contribution in [3.05, 3.63) is 0 Å². The highest BCUT2D eigenvalue weighted by Crippen LogP contribution is 2.13. The highest BCUT2D eigenvalue weighted by molar-refractivity contribution is 7.31. The SMILES string of the molecule is O=PC(Cl)Cl. The number of rotatable bonds is 1. The number of halogens is 2. The minimum absolute atomic E-state index is 0.222. The van der Waals surface area contributed by atoms with E-state index in [1.54, 1.807) is 0 Å². The zero-order chi connectivity index (χ0) is 4.28. The van der Waals surface area contributed by atoms with Crippen LogP contribution in [0.25, 0.3) is 0 Å². The van der Waals surface area contributed by atoms with Gasteiger partial charge in [-0.1, -0.05) is 23.2 Å². The molecule has 0 spiro atoms. The molecule has 5 heavy (non-hydrogen) atoms. The van der Waals surface area contributed by atoms with Gasteiger partial charge in [-0.05, 0) is 0 Å². The van der Waals surface area contributed by atoms with Crippen LogP contribution in [0.4, 0.5) is 0 Å². The average Bonchev–Trinajstić information content (AvgIpc) is 1.38. The monoisotopic (exact) mass is 130 g/mol. The largest absolute Gasteiger partial charge is 0.272 e. The highest BCUT2D eigenvalue weighted by Gasteiger charge is 1.89. The zero-order valence-electron chi connectivity index (χ0n) is 2.19. The first-order valence-corrected chi connectivity index (χ1v) is 2.63. The summed E-state index contributed by atoms with van der Waals surface area (Å²) in [5, 5.41) is 0. The fourth-order valence-electron chi connectivity index (χ4n) is 0. The van der Waals surface area contributed by atoms with Crippen LogP contribution in [0.15, 0.2) is 0 Å². The minimum Gasteiger partial charge on any atom is -0.272 e. The molecule has 0 amide bonds. The van der Waals surface area contributed by atoms with Crippen molar-refractivity contribution >= 4 is 31.7 Å². The summed E-state index contributed by atoms with van der Waals surface area (Å²) < 4.78 is 8.58. The molecule has 0 aliphatic carbocycles. The summed E-state index contributed by atoms with van der Waals surface area (Å²) in [6.07, 6.45) is 0. The number of alkyl halides is 2. The number of hydrogen-bond donors (Lipinski definition) is 0. The molecule has 0 saturated carbocycles. The maximum Gasteiger partial charge on any atom is 0.191 e. The molecular formula is CHCl2OP. The smallest absolute Gasteiger partial charge is 0.191 e. The van der Waals surface area contributed by atoms with Gasteiger partial charge in [-0.15, -0.1) is 0 Å². The summed E-state index contributed by atoms with van der Waals surface area (Å²) in [5.41, 5.74) is 0. The fraction of sp³-hybridized carbons (Fsp3) is 1.00. The van der Waals surface area contributed by atoms with Crippen molar-refractivity contribution < 1.29 is 4.57 Å². The molecule has 0 N–H and O–H groups in total. The van der Waals surface area contributed by atoms with Crippen molar-refractivity contribution in [3.8, 4) is 0 Å². The molecule has 4 heteroatoms. The summed E-state index contributed by atoms with van der Waals surface area (Å²) in [6, 6.07) is 0. The maximum atomic E-state index is 9.34. The van der Waals surface area contributed by atoms with Gasteiger partial charge in [0.1, 0.15) is 0 Å². The first-order valence-electron chi connectivity index (χ1n) is 0.877. The standard InChI is InChI=1S/CHCl2OP/c2-1(3)5-4/h1H. The molecular weight excluding hydrogens is 130 g/mol. The summed E-state index contributed by atoms with van der Waals surface area (Å²) in [7, 11) is -0.222. The van der Waals surface area contributed by atoms with Crippen molar-refractivity contribution in [2.45, 2.75) is 4.58 Å². The van der Waals surface area contributed by atoms with E-state index in [4.69, 9.17) is 23.2 Å². The molecule has 0 bridgehead atoms. The topological polar surface area (TPSA) is 17.1 Å². The maximum absolute atomic E-state index is 9.34. The van der Waals surface area contributed by atoms with Crippen LogP contribution in [-0.4, -0.2) is 4.58 Å². The molecule has 0 aliphatic rings. The molecule has 0 rings (SSSR count). The van der Waals surface area contributed by atoms with Gasteiger partial charge < -0.3 is 0 Å². The summed E-state index contributed by atoms with van der Waals surface area (Å²) in [6.45, 7) is 0. The Hall–Kier alpha value is 0.680. The van der Waals surface area contributed by atoms with Crippen molar-refractivity contribution in [1.29, 1.82) is 0 Å². The van der Waals surface area contributed by atoms with Gasteiger partial charge in [0.15, 0.2) is 13.0 Å². The van der Waals surface area contributed by atoms with Gasteiger partial charge in [0.25, 0.3) is 0 Å². The van der Waals surface area contributed by atoms with E-state index in [2.05, 4.69) is 0 Å². The normalized spacial score (nSPS) is 10.2. The van der Waals surface area contributed by atoms with Crippen LogP contribution < -0.4 is 0 Å². The molecule has 0 saturated heterocycles. The van der Waals surface area contributed by atoms with Crippen molar-refractivity contribution in [2.24, 2.45) is 0 Å². The molecule has 0 fully saturated rings. The second kappa shape index (κ2) is 2.89. The first-order chi connectivity index (χ1) is 2.27. The predicted octanol–water partition coefficient (Wildman–Crippen LogP) is 2.04. The third kappa shape index (κ3) is 4.68. The molecule has 30 valence electrons. The Balaban J connectivity index is 2.83. The highest BCUT2D eigenvalue weighted by atomic mass is 35.5. The van der Waals surface area contributed by atoms with E-state index < -0.39 is 4.58 Å². The Morgan fingerprint density at radius 1 is 1.60 bits per heavy atom. The van der Waals surface area contributed by atoms with Crippen molar-refractivity contribution in [3.63, 3.8) is 0 Å². The van der Waals surface area contributed by atoms with Gasteiger partial charge in [-0.25, -0.2) is 0 Å². The van der Waals surface area contributed by atoms with Gasteiger partial charge in [0.2, 0.25) is 0 Å². The quantitative estimate of drug-likeness (QED) is 0.393. The molecule has 0 aliphatic heterocycles. The van der Waals surface area contributed by atoms with Crippen LogP contribution in [0, 0.1) is 0 Å². The van der Waals surface area contributed by atoms with Gasteiger partial charge >= 0.3 is 0 Å². The van der Waals surface area contributed by atoms with Crippen LogP contribution >= 0.6 is 31.7 Å². The Kier molecular flexibility index (Phi) is 3.29. The van der Waals surface area contributed by atoms with Crippen molar-refractivity contribution in [1.82, 2.24) is 0 Å². The van der Waals surface area contributed by atoms with E-state index >= 15 is 0 Å². The Labute approximate surface area is 41.5 Å². The van der Waals surface area contributed by atoms with Crippen molar-refractivity contribution in [2.75, 3.05) is 0 Å². The van der Waals surface area contributed by atoms with Gasteiger partial charge in [0, 0.05) is 0 Å². The lowest BCUT2D eigenvalue weighted by Crippen LogP contribution is -1.57. The molecule has 1 nitrogen and oxygen atoms in total. The van der Waals surface area contributed by atoms with E-state index in [1.165, 1.54) is 0 Å². The van der Waals surface area contributed by atoms with Crippen LogP contribution in [0.3, 0.4) is 0 Å². The van der Waals surface area contributed by atoms with Crippen LogP contribution in [0.1, 0.15) is 0 Å². The third-order valence-electron chi connectivity index (χ3n) is 0.0797. The molecule has 0 aromatic rings. The molecule has 0 atom stereocenters. The minimum atomic E-state index is -0.755. The molecule has 0 aromatic heterocycles. The fourth-order valence-corrected chi connectivity index (χ4v) is 0. The van der Waals surface area contributed by atoms with Crippen LogP contribution in [0.2, 0.25) is 0 Å².